The Morgan fingerprint density at radius 3 is 2.30 bits per heavy atom. The standard InChI is InChI=1S/C23H19N5O2/c1-16-7-5-6-10-20(16)22-25-27-28(26-22)15-21(29)17-11-13-19(14-12-17)24-23(30)18-8-3-2-4-9-18/h2-14H,15H2,1H3,(H,24,30). The van der Waals surface area contributed by atoms with Crippen LogP contribution in [-0.4, -0.2) is 31.9 Å². The Balaban J connectivity index is 1.41. The van der Waals surface area contributed by atoms with Crippen LogP contribution in [0.25, 0.3) is 11.4 Å². The first-order valence-electron chi connectivity index (χ1n) is 9.43. The first-order valence-corrected chi connectivity index (χ1v) is 9.43. The van der Waals surface area contributed by atoms with Gasteiger partial charge in [0.25, 0.3) is 5.91 Å². The largest absolute Gasteiger partial charge is 0.322 e. The lowest BCUT2D eigenvalue weighted by atomic mass is 10.1. The normalized spacial score (nSPS) is 10.6. The fourth-order valence-corrected chi connectivity index (χ4v) is 2.99. The second-order valence-corrected chi connectivity index (χ2v) is 6.78. The average molecular weight is 397 g/mol. The van der Waals surface area contributed by atoms with Crippen molar-refractivity contribution in [3.8, 4) is 11.4 Å². The summed E-state index contributed by atoms with van der Waals surface area (Å²) in [6.07, 6.45) is 0. The molecule has 0 bridgehead atoms. The molecule has 0 atom stereocenters. The van der Waals surface area contributed by atoms with E-state index in [-0.39, 0.29) is 18.2 Å². The molecule has 0 unspecified atom stereocenters. The number of ketones is 1. The quantitative estimate of drug-likeness (QED) is 0.500. The van der Waals surface area contributed by atoms with E-state index in [9.17, 15) is 9.59 Å². The van der Waals surface area contributed by atoms with Gasteiger partial charge in [-0.1, -0.05) is 42.5 Å². The number of carbonyl (C=O) groups excluding carboxylic acids is 2. The monoisotopic (exact) mass is 397 g/mol. The van der Waals surface area contributed by atoms with Crippen LogP contribution in [0.1, 0.15) is 26.3 Å². The van der Waals surface area contributed by atoms with Crippen LogP contribution < -0.4 is 5.32 Å². The summed E-state index contributed by atoms with van der Waals surface area (Å²) in [5.41, 5.74) is 3.61. The van der Waals surface area contributed by atoms with Gasteiger partial charge in [-0.05, 0) is 54.1 Å². The summed E-state index contributed by atoms with van der Waals surface area (Å²) < 4.78 is 0. The molecule has 0 aliphatic carbocycles. The van der Waals surface area contributed by atoms with Crippen molar-refractivity contribution in [3.05, 3.63) is 95.6 Å². The molecule has 148 valence electrons. The smallest absolute Gasteiger partial charge is 0.255 e. The SMILES string of the molecule is Cc1ccccc1-c1nnn(CC(=O)c2ccc(NC(=O)c3ccccc3)cc2)n1. The van der Waals surface area contributed by atoms with E-state index >= 15 is 0 Å². The van der Waals surface area contributed by atoms with E-state index in [1.54, 1.807) is 48.5 Å². The van der Waals surface area contributed by atoms with Gasteiger partial charge in [-0.15, -0.1) is 10.2 Å². The van der Waals surface area contributed by atoms with Crippen molar-refractivity contribution < 1.29 is 9.59 Å². The van der Waals surface area contributed by atoms with E-state index in [0.717, 1.165) is 11.1 Å². The minimum absolute atomic E-state index is 0.0192. The summed E-state index contributed by atoms with van der Waals surface area (Å²) in [6.45, 7) is 1.95. The third-order valence-electron chi connectivity index (χ3n) is 4.62. The maximum atomic E-state index is 12.6. The fourth-order valence-electron chi connectivity index (χ4n) is 2.99. The van der Waals surface area contributed by atoms with Crippen LogP contribution in [0.2, 0.25) is 0 Å². The Labute approximate surface area is 173 Å². The highest BCUT2D eigenvalue weighted by atomic mass is 16.1. The number of aryl methyl sites for hydroxylation is 1. The predicted octanol–water partition coefficient (Wildman–Crippen LogP) is 3.78. The second-order valence-electron chi connectivity index (χ2n) is 6.78. The summed E-state index contributed by atoms with van der Waals surface area (Å²) in [5.74, 6) is 0.134. The van der Waals surface area contributed by atoms with Gasteiger partial charge in [0.05, 0.1) is 0 Å². The average Bonchev–Trinajstić information content (AvgIpc) is 3.23. The summed E-state index contributed by atoms with van der Waals surface area (Å²) in [4.78, 5) is 26.1. The van der Waals surface area contributed by atoms with E-state index < -0.39 is 0 Å². The minimum Gasteiger partial charge on any atom is -0.322 e. The van der Waals surface area contributed by atoms with E-state index in [4.69, 9.17) is 0 Å². The third-order valence-corrected chi connectivity index (χ3v) is 4.62. The molecule has 0 saturated heterocycles. The van der Waals surface area contributed by atoms with Crippen molar-refractivity contribution in [2.24, 2.45) is 0 Å². The fraction of sp³-hybridized carbons (Fsp3) is 0.0870. The number of aromatic nitrogens is 4. The number of carbonyl (C=O) groups is 2. The van der Waals surface area contributed by atoms with Crippen molar-refractivity contribution in [1.82, 2.24) is 20.2 Å². The van der Waals surface area contributed by atoms with Gasteiger partial charge in [0.2, 0.25) is 5.82 Å². The zero-order valence-electron chi connectivity index (χ0n) is 16.3. The minimum atomic E-state index is -0.203. The molecule has 7 heteroatoms. The molecule has 7 nitrogen and oxygen atoms in total. The summed E-state index contributed by atoms with van der Waals surface area (Å²) >= 11 is 0. The lowest BCUT2D eigenvalue weighted by molar-refractivity contribution is 0.0960. The maximum absolute atomic E-state index is 12.6. The van der Waals surface area contributed by atoms with Crippen molar-refractivity contribution in [2.75, 3.05) is 5.32 Å². The lowest BCUT2D eigenvalue weighted by Crippen LogP contribution is -2.14. The van der Waals surface area contributed by atoms with E-state index in [1.807, 2.05) is 37.3 Å². The highest BCUT2D eigenvalue weighted by Crippen LogP contribution is 2.18. The van der Waals surface area contributed by atoms with Crippen LogP contribution in [-0.2, 0) is 6.54 Å². The summed E-state index contributed by atoms with van der Waals surface area (Å²) in [5, 5.41) is 15.2. The Bertz CT molecular complexity index is 1180. The number of Topliss-reactive ketones (excluding diaryl/α,β-unsaturated/α-hetero) is 1. The van der Waals surface area contributed by atoms with Crippen molar-refractivity contribution in [1.29, 1.82) is 0 Å². The molecule has 1 amide bonds. The third kappa shape index (κ3) is 4.30. The highest BCUT2D eigenvalue weighted by Gasteiger charge is 2.13. The molecule has 4 aromatic rings. The van der Waals surface area contributed by atoms with Gasteiger partial charge in [0, 0.05) is 22.4 Å². The zero-order valence-corrected chi connectivity index (χ0v) is 16.3. The number of nitrogens with zero attached hydrogens (tertiary/aromatic N) is 4. The topological polar surface area (TPSA) is 89.8 Å². The Hall–Kier alpha value is -4.13. The Morgan fingerprint density at radius 2 is 1.57 bits per heavy atom. The van der Waals surface area contributed by atoms with Crippen molar-refractivity contribution >= 4 is 17.4 Å². The number of hydrogen-bond acceptors (Lipinski definition) is 5. The highest BCUT2D eigenvalue weighted by molar-refractivity contribution is 6.04. The van der Waals surface area contributed by atoms with Gasteiger partial charge >= 0.3 is 0 Å². The molecular weight excluding hydrogens is 378 g/mol. The van der Waals surface area contributed by atoms with Gasteiger partial charge in [-0.2, -0.15) is 4.80 Å². The number of benzene rings is 3. The molecule has 0 aliphatic heterocycles. The number of rotatable bonds is 6. The van der Waals surface area contributed by atoms with Crippen molar-refractivity contribution in [2.45, 2.75) is 13.5 Å². The van der Waals surface area contributed by atoms with Crippen LogP contribution >= 0.6 is 0 Å². The van der Waals surface area contributed by atoms with Gasteiger partial charge in [-0.3, -0.25) is 9.59 Å². The summed E-state index contributed by atoms with van der Waals surface area (Å²) in [7, 11) is 0. The lowest BCUT2D eigenvalue weighted by Gasteiger charge is -2.06. The number of amides is 1. The molecule has 0 radical (unpaired) electrons. The van der Waals surface area contributed by atoms with Gasteiger partial charge < -0.3 is 5.32 Å². The molecule has 3 aromatic carbocycles. The first kappa shape index (κ1) is 19.2. The number of nitrogens with one attached hydrogen (secondary N) is 1. The number of anilines is 1. The molecule has 4 rings (SSSR count). The van der Waals surface area contributed by atoms with Crippen LogP contribution in [0.5, 0.6) is 0 Å². The summed E-state index contributed by atoms with van der Waals surface area (Å²) in [6, 6.07) is 23.4. The van der Waals surface area contributed by atoms with E-state index in [1.165, 1.54) is 4.80 Å². The molecule has 1 N–H and O–H groups in total. The molecule has 1 aromatic heterocycles. The van der Waals surface area contributed by atoms with E-state index in [0.29, 0.717) is 22.6 Å². The van der Waals surface area contributed by atoms with E-state index in [2.05, 4.69) is 20.7 Å². The molecule has 0 spiro atoms. The molecule has 1 heterocycles. The van der Waals surface area contributed by atoms with Crippen molar-refractivity contribution in [3.63, 3.8) is 0 Å². The zero-order chi connectivity index (χ0) is 20.9. The molecule has 0 fully saturated rings. The van der Waals surface area contributed by atoms with Gasteiger partial charge in [0.1, 0.15) is 6.54 Å². The maximum Gasteiger partial charge on any atom is 0.255 e. The molecule has 0 saturated carbocycles. The first-order chi connectivity index (χ1) is 14.6. The second kappa shape index (κ2) is 8.48. The molecule has 30 heavy (non-hydrogen) atoms. The number of tetrazole rings is 1. The van der Waals surface area contributed by atoms with Crippen LogP contribution in [0.4, 0.5) is 5.69 Å². The van der Waals surface area contributed by atoms with Gasteiger partial charge in [-0.25, -0.2) is 0 Å². The van der Waals surface area contributed by atoms with Gasteiger partial charge in [0.15, 0.2) is 5.78 Å². The van der Waals surface area contributed by atoms with Crippen LogP contribution in [0, 0.1) is 6.92 Å². The van der Waals surface area contributed by atoms with Crippen LogP contribution in [0.3, 0.4) is 0 Å². The Morgan fingerprint density at radius 1 is 0.867 bits per heavy atom. The molecular formula is C23H19N5O2. The van der Waals surface area contributed by atoms with Crippen LogP contribution in [0.15, 0.2) is 78.9 Å². The molecule has 0 aliphatic rings. The Kier molecular flexibility index (Phi) is 5.43. The number of hydrogen-bond donors (Lipinski definition) is 1. The predicted molar refractivity (Wildman–Crippen MR) is 113 cm³/mol.